The third-order valence-corrected chi connectivity index (χ3v) is 5.24. The minimum absolute atomic E-state index is 0.637. The van der Waals surface area contributed by atoms with Gasteiger partial charge in [0.25, 0.3) is 0 Å². The van der Waals surface area contributed by atoms with Crippen LogP contribution in [-0.2, 0) is 0 Å². The first-order valence-electron chi connectivity index (χ1n) is 5.18. The number of thiophene rings is 1. The topological polar surface area (TPSA) is 12.0 Å². The molecule has 0 amide bonds. The van der Waals surface area contributed by atoms with Crippen molar-refractivity contribution < 1.29 is 0 Å². The van der Waals surface area contributed by atoms with E-state index in [4.69, 9.17) is 0 Å². The largest absolute Gasteiger partial charge is 0.316 e. The fourth-order valence-electron chi connectivity index (χ4n) is 1.89. The molecule has 0 aliphatic carbocycles. The van der Waals surface area contributed by atoms with Crippen LogP contribution >= 0.6 is 27.3 Å². The molecule has 0 spiro atoms. The fourth-order valence-corrected chi connectivity index (χ4v) is 4.18. The molecule has 1 aliphatic rings. The summed E-state index contributed by atoms with van der Waals surface area (Å²) in [6, 6.07) is 2.32. The first kappa shape index (κ1) is 10.7. The maximum atomic E-state index is 3.65. The Balaban J connectivity index is 2.22. The highest BCUT2D eigenvalue weighted by Crippen LogP contribution is 2.38. The van der Waals surface area contributed by atoms with Crippen LogP contribution in [0.15, 0.2) is 10.5 Å². The Bertz CT molecular complexity index is 313. The predicted octanol–water partition coefficient (Wildman–Crippen LogP) is 3.71. The summed E-state index contributed by atoms with van der Waals surface area (Å²) in [6.07, 6.45) is 1.30. The number of halogens is 1. The molecule has 2 rings (SSSR count). The van der Waals surface area contributed by atoms with Gasteiger partial charge >= 0.3 is 0 Å². The Morgan fingerprint density at radius 2 is 2.36 bits per heavy atom. The van der Waals surface area contributed by atoms with Gasteiger partial charge in [-0.3, -0.25) is 0 Å². The van der Waals surface area contributed by atoms with Gasteiger partial charge < -0.3 is 5.32 Å². The molecule has 1 saturated heterocycles. The molecule has 78 valence electrons. The molecule has 0 saturated carbocycles. The van der Waals surface area contributed by atoms with E-state index >= 15 is 0 Å². The second-order valence-electron chi connectivity index (χ2n) is 4.21. The van der Waals surface area contributed by atoms with Crippen molar-refractivity contribution in [3.63, 3.8) is 0 Å². The summed E-state index contributed by atoms with van der Waals surface area (Å²) in [5.74, 6) is 1.39. The van der Waals surface area contributed by atoms with Gasteiger partial charge in [-0.1, -0.05) is 13.8 Å². The summed E-state index contributed by atoms with van der Waals surface area (Å²) >= 11 is 5.63. The van der Waals surface area contributed by atoms with E-state index in [9.17, 15) is 0 Å². The lowest BCUT2D eigenvalue weighted by atomic mass is 10.1. The van der Waals surface area contributed by atoms with E-state index in [1.54, 1.807) is 4.88 Å². The average molecular weight is 274 g/mol. The Labute approximate surface area is 98.0 Å². The molecule has 1 aromatic rings. The lowest BCUT2D eigenvalue weighted by Gasteiger charge is -2.04. The molecule has 1 aliphatic heterocycles. The second kappa shape index (κ2) is 4.33. The SMILES string of the molecule is CC(C)c1sc(C2CCNC2)cc1Br. The normalized spacial score (nSPS) is 22.1. The van der Waals surface area contributed by atoms with Crippen LogP contribution in [0, 0.1) is 0 Å². The molecular weight excluding hydrogens is 258 g/mol. The summed E-state index contributed by atoms with van der Waals surface area (Å²) in [5, 5.41) is 3.42. The van der Waals surface area contributed by atoms with Crippen LogP contribution in [0.4, 0.5) is 0 Å². The number of hydrogen-bond donors (Lipinski definition) is 1. The van der Waals surface area contributed by atoms with Gasteiger partial charge in [0.1, 0.15) is 0 Å². The molecule has 1 nitrogen and oxygen atoms in total. The van der Waals surface area contributed by atoms with Crippen molar-refractivity contribution in [2.45, 2.75) is 32.1 Å². The van der Waals surface area contributed by atoms with Crippen LogP contribution in [0.2, 0.25) is 0 Å². The summed E-state index contributed by atoms with van der Waals surface area (Å²) in [7, 11) is 0. The number of hydrogen-bond acceptors (Lipinski definition) is 2. The third kappa shape index (κ3) is 2.05. The molecule has 0 bridgehead atoms. The van der Waals surface area contributed by atoms with Crippen molar-refractivity contribution >= 4 is 27.3 Å². The molecule has 1 aromatic heterocycles. The monoisotopic (exact) mass is 273 g/mol. The number of rotatable bonds is 2. The van der Waals surface area contributed by atoms with E-state index in [1.165, 1.54) is 22.3 Å². The molecule has 2 heterocycles. The van der Waals surface area contributed by atoms with Gasteiger partial charge in [0.05, 0.1) is 0 Å². The van der Waals surface area contributed by atoms with Gasteiger partial charge in [0.2, 0.25) is 0 Å². The van der Waals surface area contributed by atoms with Gasteiger partial charge in [-0.15, -0.1) is 11.3 Å². The van der Waals surface area contributed by atoms with E-state index in [0.717, 1.165) is 12.5 Å². The average Bonchev–Trinajstić information content (AvgIpc) is 2.70. The molecule has 0 radical (unpaired) electrons. The molecular formula is C11H16BrNS. The molecule has 14 heavy (non-hydrogen) atoms. The zero-order valence-corrected chi connectivity index (χ0v) is 11.0. The maximum Gasteiger partial charge on any atom is 0.0320 e. The molecule has 1 N–H and O–H groups in total. The van der Waals surface area contributed by atoms with Crippen molar-refractivity contribution in [2.24, 2.45) is 0 Å². The Hall–Kier alpha value is 0.140. The minimum Gasteiger partial charge on any atom is -0.316 e. The smallest absolute Gasteiger partial charge is 0.0320 e. The van der Waals surface area contributed by atoms with Gasteiger partial charge in [0.15, 0.2) is 0 Å². The Kier molecular flexibility index (Phi) is 3.30. The van der Waals surface area contributed by atoms with Crippen LogP contribution in [-0.4, -0.2) is 13.1 Å². The van der Waals surface area contributed by atoms with Crippen molar-refractivity contribution in [3.05, 3.63) is 20.3 Å². The van der Waals surface area contributed by atoms with E-state index in [2.05, 4.69) is 41.2 Å². The van der Waals surface area contributed by atoms with Crippen LogP contribution in [0.1, 0.15) is 41.9 Å². The standard InChI is InChI=1S/C11H16BrNS/c1-7(2)11-9(12)5-10(14-11)8-3-4-13-6-8/h5,7-8,13H,3-4,6H2,1-2H3. The highest BCUT2D eigenvalue weighted by atomic mass is 79.9. The highest BCUT2D eigenvalue weighted by Gasteiger charge is 2.20. The van der Waals surface area contributed by atoms with Crippen molar-refractivity contribution in [2.75, 3.05) is 13.1 Å². The van der Waals surface area contributed by atoms with Gasteiger partial charge in [-0.25, -0.2) is 0 Å². The van der Waals surface area contributed by atoms with Crippen LogP contribution < -0.4 is 5.32 Å². The van der Waals surface area contributed by atoms with Crippen LogP contribution in [0.3, 0.4) is 0 Å². The summed E-state index contributed by atoms with van der Waals surface area (Å²) in [6.45, 7) is 6.85. The first-order valence-corrected chi connectivity index (χ1v) is 6.79. The molecule has 1 fully saturated rings. The lowest BCUT2D eigenvalue weighted by molar-refractivity contribution is 0.779. The second-order valence-corrected chi connectivity index (χ2v) is 6.18. The van der Waals surface area contributed by atoms with Crippen LogP contribution in [0.25, 0.3) is 0 Å². The van der Waals surface area contributed by atoms with E-state index < -0.39 is 0 Å². The molecule has 1 atom stereocenters. The molecule has 3 heteroatoms. The van der Waals surface area contributed by atoms with Gasteiger partial charge in [-0.2, -0.15) is 0 Å². The van der Waals surface area contributed by atoms with Crippen molar-refractivity contribution in [3.8, 4) is 0 Å². The summed E-state index contributed by atoms with van der Waals surface area (Å²) in [5.41, 5.74) is 0. The van der Waals surface area contributed by atoms with Crippen molar-refractivity contribution in [1.82, 2.24) is 5.32 Å². The highest BCUT2D eigenvalue weighted by molar-refractivity contribution is 9.10. The van der Waals surface area contributed by atoms with E-state index in [1.807, 2.05) is 11.3 Å². The van der Waals surface area contributed by atoms with Crippen molar-refractivity contribution in [1.29, 1.82) is 0 Å². The van der Waals surface area contributed by atoms with Gasteiger partial charge in [-0.05, 0) is 40.9 Å². The quantitative estimate of drug-likeness (QED) is 0.866. The van der Waals surface area contributed by atoms with Crippen LogP contribution in [0.5, 0.6) is 0 Å². The minimum atomic E-state index is 0.637. The summed E-state index contributed by atoms with van der Waals surface area (Å²) < 4.78 is 1.31. The van der Waals surface area contributed by atoms with E-state index in [-0.39, 0.29) is 0 Å². The Morgan fingerprint density at radius 1 is 1.57 bits per heavy atom. The van der Waals surface area contributed by atoms with E-state index in [0.29, 0.717) is 5.92 Å². The fraction of sp³-hybridized carbons (Fsp3) is 0.636. The van der Waals surface area contributed by atoms with Gasteiger partial charge in [0, 0.05) is 26.7 Å². The lowest BCUT2D eigenvalue weighted by Crippen LogP contribution is -2.07. The first-order chi connectivity index (χ1) is 6.68. The number of nitrogens with one attached hydrogen (secondary N) is 1. The summed E-state index contributed by atoms with van der Waals surface area (Å²) in [4.78, 5) is 3.04. The zero-order chi connectivity index (χ0) is 10.1. The third-order valence-electron chi connectivity index (χ3n) is 2.72. The predicted molar refractivity (Wildman–Crippen MR) is 66.3 cm³/mol. The molecule has 1 unspecified atom stereocenters. The Morgan fingerprint density at radius 3 is 2.86 bits per heavy atom. The zero-order valence-electron chi connectivity index (χ0n) is 8.64. The maximum absolute atomic E-state index is 3.65. The molecule has 0 aromatic carbocycles.